The molecule has 5 nitrogen and oxygen atoms in total. The van der Waals surface area contributed by atoms with Gasteiger partial charge in [0.15, 0.2) is 0 Å². The standard InChI is InChI=1S/C12H14N4O.ClH/c13-12(4-1-5-12)11(17)15-9-2-3-10-8(6-9)7-14-16-10;/h2-3,6-7H,1,4-5,13H2,(H,14,16)(H,15,17);1H. The minimum Gasteiger partial charge on any atom is -0.324 e. The monoisotopic (exact) mass is 266 g/mol. The summed E-state index contributed by atoms with van der Waals surface area (Å²) in [5, 5.41) is 10.6. The van der Waals surface area contributed by atoms with Crippen LogP contribution in [0.5, 0.6) is 0 Å². The van der Waals surface area contributed by atoms with Crippen molar-refractivity contribution in [1.29, 1.82) is 0 Å². The summed E-state index contributed by atoms with van der Waals surface area (Å²) in [4.78, 5) is 11.9. The second-order valence-electron chi connectivity index (χ2n) is 4.64. The van der Waals surface area contributed by atoms with Gasteiger partial charge in [0, 0.05) is 11.1 Å². The second kappa shape index (κ2) is 4.59. The fourth-order valence-electron chi connectivity index (χ4n) is 2.06. The van der Waals surface area contributed by atoms with Gasteiger partial charge >= 0.3 is 0 Å². The van der Waals surface area contributed by atoms with Gasteiger partial charge in [-0.15, -0.1) is 12.4 Å². The number of H-pyrrole nitrogens is 1. The molecule has 1 heterocycles. The number of aromatic amines is 1. The van der Waals surface area contributed by atoms with Crippen molar-refractivity contribution in [3.63, 3.8) is 0 Å². The molecule has 1 aromatic heterocycles. The van der Waals surface area contributed by atoms with Crippen LogP contribution in [0.3, 0.4) is 0 Å². The van der Waals surface area contributed by atoms with Gasteiger partial charge in [0.1, 0.15) is 0 Å². The normalized spacial score (nSPS) is 16.7. The highest BCUT2D eigenvalue weighted by molar-refractivity contribution is 5.99. The minimum absolute atomic E-state index is 0. The van der Waals surface area contributed by atoms with E-state index in [1.807, 2.05) is 18.2 Å². The summed E-state index contributed by atoms with van der Waals surface area (Å²) < 4.78 is 0. The largest absolute Gasteiger partial charge is 0.324 e. The summed E-state index contributed by atoms with van der Waals surface area (Å²) >= 11 is 0. The van der Waals surface area contributed by atoms with Crippen LogP contribution >= 0.6 is 12.4 Å². The van der Waals surface area contributed by atoms with E-state index in [0.717, 1.165) is 35.9 Å². The molecule has 0 unspecified atom stereocenters. The Morgan fingerprint density at radius 2 is 2.22 bits per heavy atom. The fraction of sp³-hybridized carbons (Fsp3) is 0.333. The Morgan fingerprint density at radius 3 is 2.89 bits per heavy atom. The highest BCUT2D eigenvalue weighted by Crippen LogP contribution is 2.30. The summed E-state index contributed by atoms with van der Waals surface area (Å²) in [6.45, 7) is 0. The molecule has 0 bridgehead atoms. The van der Waals surface area contributed by atoms with Gasteiger partial charge in [-0.2, -0.15) is 5.10 Å². The molecule has 0 aliphatic heterocycles. The first-order valence-electron chi connectivity index (χ1n) is 5.71. The molecule has 1 aliphatic rings. The number of hydrogen-bond donors (Lipinski definition) is 3. The maximum atomic E-state index is 11.9. The first-order valence-corrected chi connectivity index (χ1v) is 5.71. The minimum atomic E-state index is -0.661. The quantitative estimate of drug-likeness (QED) is 0.775. The Labute approximate surface area is 111 Å². The third-order valence-electron chi connectivity index (χ3n) is 3.40. The van der Waals surface area contributed by atoms with Crippen molar-refractivity contribution in [3.05, 3.63) is 24.4 Å². The van der Waals surface area contributed by atoms with Gasteiger partial charge in [-0.1, -0.05) is 0 Å². The van der Waals surface area contributed by atoms with Crippen LogP contribution in [0.15, 0.2) is 24.4 Å². The second-order valence-corrected chi connectivity index (χ2v) is 4.64. The molecular weight excluding hydrogens is 252 g/mol. The Bertz CT molecular complexity index is 576. The number of amides is 1. The Hall–Kier alpha value is -1.59. The van der Waals surface area contributed by atoms with Crippen LogP contribution in [-0.2, 0) is 4.79 Å². The molecule has 3 rings (SSSR count). The van der Waals surface area contributed by atoms with Gasteiger partial charge < -0.3 is 11.1 Å². The third kappa shape index (κ3) is 2.07. The van der Waals surface area contributed by atoms with Gasteiger partial charge in [-0.3, -0.25) is 9.89 Å². The Morgan fingerprint density at radius 1 is 1.44 bits per heavy atom. The molecule has 1 amide bonds. The third-order valence-corrected chi connectivity index (χ3v) is 3.40. The van der Waals surface area contributed by atoms with Crippen LogP contribution in [0.2, 0.25) is 0 Å². The topological polar surface area (TPSA) is 83.8 Å². The number of nitrogens with zero attached hydrogens (tertiary/aromatic N) is 1. The summed E-state index contributed by atoms with van der Waals surface area (Å²) in [7, 11) is 0. The Balaban J connectivity index is 0.00000120. The molecule has 0 saturated heterocycles. The van der Waals surface area contributed by atoms with Gasteiger partial charge in [0.05, 0.1) is 17.3 Å². The molecule has 1 saturated carbocycles. The number of carbonyl (C=O) groups excluding carboxylic acids is 1. The molecular formula is C12H15ClN4O. The van der Waals surface area contributed by atoms with Crippen LogP contribution in [0, 0.1) is 0 Å². The molecule has 1 aromatic carbocycles. The maximum absolute atomic E-state index is 11.9. The van der Waals surface area contributed by atoms with Gasteiger partial charge in [0.25, 0.3) is 0 Å². The van der Waals surface area contributed by atoms with Gasteiger partial charge in [-0.25, -0.2) is 0 Å². The van der Waals surface area contributed by atoms with E-state index < -0.39 is 5.54 Å². The van der Waals surface area contributed by atoms with Crippen LogP contribution < -0.4 is 11.1 Å². The molecule has 0 atom stereocenters. The number of halogens is 1. The maximum Gasteiger partial charge on any atom is 0.244 e. The molecule has 2 aromatic rings. The average Bonchev–Trinajstić information content (AvgIpc) is 2.73. The SMILES string of the molecule is Cl.NC1(C(=O)Nc2ccc3[nH]ncc3c2)CCC1. The number of fused-ring (bicyclic) bond motifs is 1. The molecule has 1 fully saturated rings. The van der Waals surface area contributed by atoms with Crippen LogP contribution in [0.25, 0.3) is 10.9 Å². The highest BCUT2D eigenvalue weighted by atomic mass is 35.5. The molecule has 0 radical (unpaired) electrons. The fourth-order valence-corrected chi connectivity index (χ4v) is 2.06. The lowest BCUT2D eigenvalue weighted by atomic mass is 9.77. The van der Waals surface area contributed by atoms with E-state index in [1.54, 1.807) is 6.20 Å². The van der Waals surface area contributed by atoms with Crippen molar-refractivity contribution < 1.29 is 4.79 Å². The zero-order chi connectivity index (χ0) is 11.9. The van der Waals surface area contributed by atoms with E-state index in [2.05, 4.69) is 15.5 Å². The lowest BCUT2D eigenvalue weighted by Crippen LogP contribution is -2.56. The van der Waals surface area contributed by atoms with Crippen LogP contribution in [-0.4, -0.2) is 21.6 Å². The number of rotatable bonds is 2. The van der Waals surface area contributed by atoms with Crippen molar-refractivity contribution in [3.8, 4) is 0 Å². The molecule has 0 spiro atoms. The van der Waals surface area contributed by atoms with E-state index in [0.29, 0.717) is 0 Å². The van der Waals surface area contributed by atoms with E-state index in [1.165, 1.54) is 0 Å². The number of aromatic nitrogens is 2. The van der Waals surface area contributed by atoms with E-state index in [-0.39, 0.29) is 18.3 Å². The first kappa shape index (κ1) is 12.9. The number of benzene rings is 1. The smallest absolute Gasteiger partial charge is 0.244 e. The van der Waals surface area contributed by atoms with Gasteiger partial charge in [-0.05, 0) is 37.5 Å². The van der Waals surface area contributed by atoms with Crippen LogP contribution in [0.1, 0.15) is 19.3 Å². The zero-order valence-electron chi connectivity index (χ0n) is 9.77. The lowest BCUT2D eigenvalue weighted by molar-refractivity contribution is -0.123. The van der Waals surface area contributed by atoms with Crippen LogP contribution in [0.4, 0.5) is 5.69 Å². The van der Waals surface area contributed by atoms with Crippen molar-refractivity contribution in [2.75, 3.05) is 5.32 Å². The number of anilines is 1. The average molecular weight is 267 g/mol. The zero-order valence-corrected chi connectivity index (χ0v) is 10.6. The number of carbonyl (C=O) groups is 1. The number of nitrogens with two attached hydrogens (primary N) is 1. The van der Waals surface area contributed by atoms with Crippen molar-refractivity contribution >= 4 is 34.9 Å². The number of nitrogens with one attached hydrogen (secondary N) is 2. The molecule has 4 N–H and O–H groups in total. The molecule has 96 valence electrons. The summed E-state index contributed by atoms with van der Waals surface area (Å²) in [6, 6.07) is 5.63. The predicted octanol–water partition coefficient (Wildman–Crippen LogP) is 1.80. The highest BCUT2D eigenvalue weighted by Gasteiger charge is 2.40. The van der Waals surface area contributed by atoms with Crippen molar-refractivity contribution in [2.24, 2.45) is 5.73 Å². The van der Waals surface area contributed by atoms with E-state index >= 15 is 0 Å². The predicted molar refractivity (Wildman–Crippen MR) is 72.7 cm³/mol. The van der Waals surface area contributed by atoms with E-state index in [9.17, 15) is 4.79 Å². The summed E-state index contributed by atoms with van der Waals surface area (Å²) in [6.07, 6.45) is 4.30. The lowest BCUT2D eigenvalue weighted by Gasteiger charge is -2.36. The van der Waals surface area contributed by atoms with E-state index in [4.69, 9.17) is 5.73 Å². The molecule has 18 heavy (non-hydrogen) atoms. The first-order chi connectivity index (χ1) is 8.17. The molecule has 1 aliphatic carbocycles. The molecule has 6 heteroatoms. The van der Waals surface area contributed by atoms with Crippen molar-refractivity contribution in [2.45, 2.75) is 24.8 Å². The number of hydrogen-bond acceptors (Lipinski definition) is 3. The summed E-state index contributed by atoms with van der Waals surface area (Å²) in [5.74, 6) is -0.0911. The van der Waals surface area contributed by atoms with Crippen molar-refractivity contribution in [1.82, 2.24) is 10.2 Å². The Kier molecular flexibility index (Phi) is 3.28. The summed E-state index contributed by atoms with van der Waals surface area (Å²) in [5.41, 5.74) is 7.01. The van der Waals surface area contributed by atoms with Gasteiger partial charge in [0.2, 0.25) is 5.91 Å².